The van der Waals surface area contributed by atoms with Crippen molar-refractivity contribution < 1.29 is 15.3 Å². The van der Waals surface area contributed by atoms with E-state index in [9.17, 15) is 0 Å². The lowest BCUT2D eigenvalue weighted by Gasteiger charge is -2.19. The van der Waals surface area contributed by atoms with E-state index in [2.05, 4.69) is 25.3 Å². The van der Waals surface area contributed by atoms with Crippen molar-refractivity contribution in [1.29, 1.82) is 0 Å². The fourth-order valence-corrected chi connectivity index (χ4v) is 0.286. The first-order valence-electron chi connectivity index (χ1n) is 1.94. The molecule has 0 aliphatic heterocycles. The SMILES string of the molecule is OCC(O)C(O)(S)S. The fraction of sp³-hybridized carbons (Fsp3) is 1.00. The van der Waals surface area contributed by atoms with Crippen LogP contribution in [0.25, 0.3) is 0 Å². The predicted octanol–water partition coefficient (Wildman–Crippen LogP) is -1.15. The Hall–Kier alpha value is 0.580. The highest BCUT2D eigenvalue weighted by molar-refractivity contribution is 8.00. The lowest BCUT2D eigenvalue weighted by molar-refractivity contribution is 0.0139. The normalized spacial score (nSPS) is 16.1. The van der Waals surface area contributed by atoms with Gasteiger partial charge in [0.05, 0.1) is 6.61 Å². The Morgan fingerprint density at radius 2 is 1.88 bits per heavy atom. The van der Waals surface area contributed by atoms with Crippen molar-refractivity contribution in [3.8, 4) is 0 Å². The molecule has 1 unspecified atom stereocenters. The van der Waals surface area contributed by atoms with Crippen molar-refractivity contribution in [3.05, 3.63) is 0 Å². The Kier molecular flexibility index (Phi) is 3.14. The van der Waals surface area contributed by atoms with Gasteiger partial charge < -0.3 is 15.3 Å². The molecule has 0 rings (SSSR count). The van der Waals surface area contributed by atoms with Crippen LogP contribution < -0.4 is 0 Å². The maximum Gasteiger partial charge on any atom is 0.180 e. The van der Waals surface area contributed by atoms with Gasteiger partial charge in [0, 0.05) is 0 Å². The molecule has 0 aliphatic carbocycles. The summed E-state index contributed by atoms with van der Waals surface area (Å²) in [6.07, 6.45) is -1.31. The highest BCUT2D eigenvalue weighted by Crippen LogP contribution is 2.18. The zero-order valence-corrected chi connectivity index (χ0v) is 5.81. The molecule has 0 fully saturated rings. The third-order valence-electron chi connectivity index (χ3n) is 0.620. The summed E-state index contributed by atoms with van der Waals surface area (Å²) in [5.74, 6) is 0. The van der Waals surface area contributed by atoms with Crippen molar-refractivity contribution in [3.63, 3.8) is 0 Å². The van der Waals surface area contributed by atoms with E-state index >= 15 is 0 Å². The van der Waals surface area contributed by atoms with Crippen LogP contribution in [-0.2, 0) is 0 Å². The maximum absolute atomic E-state index is 8.60. The standard InChI is InChI=1S/C3H8O3S2/c4-1-2(5)3(6,7)8/h2,4-8H,1H2. The Labute approximate surface area is 58.2 Å². The van der Waals surface area contributed by atoms with Crippen LogP contribution in [0.5, 0.6) is 0 Å². The van der Waals surface area contributed by atoms with E-state index in [-0.39, 0.29) is 0 Å². The first kappa shape index (κ1) is 8.58. The minimum atomic E-state index is -1.80. The Balaban J connectivity index is 3.62. The average molecular weight is 156 g/mol. The van der Waals surface area contributed by atoms with E-state index in [1.54, 1.807) is 0 Å². The van der Waals surface area contributed by atoms with Gasteiger partial charge in [-0.1, -0.05) is 0 Å². The summed E-state index contributed by atoms with van der Waals surface area (Å²) >= 11 is 6.88. The maximum atomic E-state index is 8.60. The summed E-state index contributed by atoms with van der Waals surface area (Å²) < 4.78 is -1.80. The van der Waals surface area contributed by atoms with E-state index in [1.165, 1.54) is 0 Å². The second kappa shape index (κ2) is 2.93. The quantitative estimate of drug-likeness (QED) is 0.259. The molecule has 0 saturated carbocycles. The molecule has 3 N–H and O–H groups in total. The van der Waals surface area contributed by atoms with Gasteiger partial charge in [0.25, 0.3) is 0 Å². The van der Waals surface area contributed by atoms with E-state index < -0.39 is 17.0 Å². The number of hydrogen-bond donors (Lipinski definition) is 5. The van der Waals surface area contributed by atoms with Crippen molar-refractivity contribution >= 4 is 25.3 Å². The topological polar surface area (TPSA) is 60.7 Å². The smallest absolute Gasteiger partial charge is 0.180 e. The monoisotopic (exact) mass is 156 g/mol. The van der Waals surface area contributed by atoms with Crippen molar-refractivity contribution in [2.45, 2.75) is 10.4 Å². The molecule has 1 atom stereocenters. The molecule has 0 aromatic carbocycles. The Morgan fingerprint density at radius 3 is 1.88 bits per heavy atom. The molecule has 0 saturated heterocycles. The summed E-state index contributed by atoms with van der Waals surface area (Å²) in [5, 5.41) is 25.3. The number of aliphatic hydroxyl groups is 3. The van der Waals surface area contributed by atoms with Gasteiger partial charge in [-0.15, -0.1) is 25.3 Å². The number of aliphatic hydroxyl groups excluding tert-OH is 2. The Bertz CT molecular complexity index is 69.4. The van der Waals surface area contributed by atoms with Crippen LogP contribution in [0, 0.1) is 0 Å². The highest BCUT2D eigenvalue weighted by atomic mass is 32.2. The van der Waals surface area contributed by atoms with Gasteiger partial charge in [-0.3, -0.25) is 0 Å². The zero-order valence-electron chi connectivity index (χ0n) is 4.02. The zero-order chi connectivity index (χ0) is 6.78. The first-order chi connectivity index (χ1) is 3.48. The summed E-state index contributed by atoms with van der Waals surface area (Å²) in [4.78, 5) is 0. The summed E-state index contributed by atoms with van der Waals surface area (Å²) in [6, 6.07) is 0. The van der Waals surface area contributed by atoms with Gasteiger partial charge in [0.2, 0.25) is 0 Å². The summed E-state index contributed by atoms with van der Waals surface area (Å²) in [7, 11) is 0. The fourth-order valence-electron chi connectivity index (χ4n) is 0.122. The van der Waals surface area contributed by atoms with Gasteiger partial charge in [-0.05, 0) is 0 Å². The molecule has 0 amide bonds. The van der Waals surface area contributed by atoms with Gasteiger partial charge in [-0.2, -0.15) is 0 Å². The van der Waals surface area contributed by atoms with Crippen LogP contribution in [0.4, 0.5) is 0 Å². The van der Waals surface area contributed by atoms with Gasteiger partial charge in [-0.25, -0.2) is 0 Å². The predicted molar refractivity (Wildman–Crippen MR) is 36.0 cm³/mol. The number of hydrogen-bond acceptors (Lipinski definition) is 5. The summed E-state index contributed by atoms with van der Waals surface area (Å²) in [5.41, 5.74) is 0. The molecule has 5 heteroatoms. The lowest BCUT2D eigenvalue weighted by Crippen LogP contribution is -2.33. The molecule has 0 aliphatic rings. The summed E-state index contributed by atoms with van der Waals surface area (Å²) in [6.45, 7) is -0.552. The number of thiol groups is 2. The molecule has 3 nitrogen and oxygen atoms in total. The second-order valence-electron chi connectivity index (χ2n) is 1.39. The molecular weight excluding hydrogens is 148 g/mol. The second-order valence-corrected chi connectivity index (χ2v) is 3.10. The molecular formula is C3H8O3S2. The number of rotatable bonds is 2. The van der Waals surface area contributed by atoms with Crippen LogP contribution in [0.2, 0.25) is 0 Å². The van der Waals surface area contributed by atoms with Gasteiger partial charge in [0.15, 0.2) is 4.27 Å². The minimum absolute atomic E-state index is 0.552. The van der Waals surface area contributed by atoms with E-state index in [4.69, 9.17) is 15.3 Å². The van der Waals surface area contributed by atoms with Crippen LogP contribution in [0.3, 0.4) is 0 Å². The molecule has 0 aromatic rings. The minimum Gasteiger partial charge on any atom is -0.393 e. The first-order valence-corrected chi connectivity index (χ1v) is 2.84. The van der Waals surface area contributed by atoms with Crippen molar-refractivity contribution in [2.24, 2.45) is 0 Å². The molecule has 8 heavy (non-hydrogen) atoms. The van der Waals surface area contributed by atoms with Gasteiger partial charge >= 0.3 is 0 Å². The molecule has 0 bridgehead atoms. The van der Waals surface area contributed by atoms with E-state index in [1.807, 2.05) is 0 Å². The van der Waals surface area contributed by atoms with Crippen LogP contribution in [-0.4, -0.2) is 32.3 Å². The molecule has 0 heterocycles. The van der Waals surface area contributed by atoms with Gasteiger partial charge in [0.1, 0.15) is 6.10 Å². The van der Waals surface area contributed by atoms with Crippen LogP contribution >= 0.6 is 25.3 Å². The molecule has 0 aromatic heterocycles. The van der Waals surface area contributed by atoms with E-state index in [0.717, 1.165) is 0 Å². The van der Waals surface area contributed by atoms with Crippen molar-refractivity contribution in [1.82, 2.24) is 0 Å². The van der Waals surface area contributed by atoms with E-state index in [0.29, 0.717) is 0 Å². The third kappa shape index (κ3) is 2.78. The Morgan fingerprint density at radius 1 is 1.50 bits per heavy atom. The van der Waals surface area contributed by atoms with Crippen molar-refractivity contribution in [2.75, 3.05) is 6.61 Å². The lowest BCUT2D eigenvalue weighted by atomic mass is 10.4. The molecule has 50 valence electrons. The molecule has 0 spiro atoms. The molecule has 0 radical (unpaired) electrons. The average Bonchev–Trinajstić information content (AvgIpc) is 1.62. The highest BCUT2D eigenvalue weighted by Gasteiger charge is 2.25. The van der Waals surface area contributed by atoms with Crippen LogP contribution in [0.15, 0.2) is 0 Å². The largest absolute Gasteiger partial charge is 0.393 e. The third-order valence-corrected chi connectivity index (χ3v) is 1.22. The van der Waals surface area contributed by atoms with Crippen LogP contribution in [0.1, 0.15) is 0 Å².